The first-order valence-electron chi connectivity index (χ1n) is 5.11. The highest BCUT2D eigenvalue weighted by Gasteiger charge is 2.30. The number of ether oxygens (including phenoxy) is 1. The molecule has 0 radical (unpaired) electrons. The van der Waals surface area contributed by atoms with E-state index in [1.54, 1.807) is 6.92 Å². The first kappa shape index (κ1) is 14.5. The summed E-state index contributed by atoms with van der Waals surface area (Å²) in [6.45, 7) is 1.73. The Morgan fingerprint density at radius 1 is 1.60 bits per heavy atom. The molecule has 1 aliphatic carbocycles. The zero-order chi connectivity index (χ0) is 10.6. The highest BCUT2D eigenvalue weighted by molar-refractivity contribution is 5.85. The SMILES string of the molecule is COC(=O)C(C)(N)CC1=CCCCC1.Cl. The lowest BCUT2D eigenvalue weighted by molar-refractivity contribution is -0.146. The van der Waals surface area contributed by atoms with Crippen molar-refractivity contribution >= 4 is 18.4 Å². The van der Waals surface area contributed by atoms with Gasteiger partial charge in [0, 0.05) is 0 Å². The molecule has 88 valence electrons. The Morgan fingerprint density at radius 3 is 2.73 bits per heavy atom. The normalized spacial score (nSPS) is 19.5. The summed E-state index contributed by atoms with van der Waals surface area (Å²) in [6.07, 6.45) is 7.49. The van der Waals surface area contributed by atoms with E-state index < -0.39 is 5.54 Å². The molecule has 0 heterocycles. The number of rotatable bonds is 3. The van der Waals surface area contributed by atoms with Crippen LogP contribution in [-0.2, 0) is 9.53 Å². The van der Waals surface area contributed by atoms with Crippen molar-refractivity contribution in [2.45, 2.75) is 44.6 Å². The smallest absolute Gasteiger partial charge is 0.325 e. The van der Waals surface area contributed by atoms with Crippen molar-refractivity contribution in [1.82, 2.24) is 0 Å². The lowest BCUT2D eigenvalue weighted by Gasteiger charge is -2.24. The van der Waals surface area contributed by atoms with Crippen LogP contribution >= 0.6 is 12.4 Å². The van der Waals surface area contributed by atoms with E-state index in [0.717, 1.165) is 12.8 Å². The second-order valence-electron chi connectivity index (χ2n) is 4.19. The molecule has 0 aromatic rings. The quantitative estimate of drug-likeness (QED) is 0.601. The molecule has 1 atom stereocenters. The van der Waals surface area contributed by atoms with Crippen LogP contribution in [0, 0.1) is 0 Å². The molecule has 0 aromatic carbocycles. The Labute approximate surface area is 97.5 Å². The van der Waals surface area contributed by atoms with Crippen LogP contribution in [0.1, 0.15) is 39.0 Å². The maximum absolute atomic E-state index is 11.3. The Hall–Kier alpha value is -0.540. The van der Waals surface area contributed by atoms with Crippen LogP contribution in [-0.4, -0.2) is 18.6 Å². The van der Waals surface area contributed by atoms with E-state index in [1.165, 1.54) is 25.5 Å². The van der Waals surface area contributed by atoms with Gasteiger partial charge in [0.15, 0.2) is 0 Å². The van der Waals surface area contributed by atoms with Crippen LogP contribution in [0.5, 0.6) is 0 Å². The van der Waals surface area contributed by atoms with Crippen molar-refractivity contribution in [1.29, 1.82) is 0 Å². The number of nitrogens with two attached hydrogens (primary N) is 1. The van der Waals surface area contributed by atoms with Gasteiger partial charge in [0.2, 0.25) is 0 Å². The van der Waals surface area contributed by atoms with Crippen LogP contribution in [0.25, 0.3) is 0 Å². The molecule has 1 aliphatic rings. The lowest BCUT2D eigenvalue weighted by Crippen LogP contribution is -2.46. The molecule has 0 fully saturated rings. The third-order valence-electron chi connectivity index (χ3n) is 2.63. The van der Waals surface area contributed by atoms with Gasteiger partial charge in [-0.2, -0.15) is 0 Å². The predicted octanol–water partition coefficient (Wildman–Crippen LogP) is 2.19. The summed E-state index contributed by atoms with van der Waals surface area (Å²) in [5.74, 6) is -0.330. The van der Waals surface area contributed by atoms with Gasteiger partial charge >= 0.3 is 5.97 Å². The molecule has 2 N–H and O–H groups in total. The maximum Gasteiger partial charge on any atom is 0.325 e. The standard InChI is InChI=1S/C11H19NO2.ClH/c1-11(12,10(13)14-2)8-9-6-4-3-5-7-9;/h6H,3-5,7-8,12H2,1-2H3;1H. The highest BCUT2D eigenvalue weighted by Crippen LogP contribution is 2.24. The summed E-state index contributed by atoms with van der Waals surface area (Å²) in [5, 5.41) is 0. The second-order valence-corrected chi connectivity index (χ2v) is 4.19. The molecule has 0 aromatic heterocycles. The first-order chi connectivity index (χ1) is 6.56. The van der Waals surface area contributed by atoms with Crippen molar-refractivity contribution in [3.05, 3.63) is 11.6 Å². The minimum Gasteiger partial charge on any atom is -0.468 e. The van der Waals surface area contributed by atoms with Crippen molar-refractivity contribution < 1.29 is 9.53 Å². The fourth-order valence-corrected chi connectivity index (χ4v) is 1.84. The molecule has 1 rings (SSSR count). The number of halogens is 1. The molecule has 1 unspecified atom stereocenters. The van der Waals surface area contributed by atoms with Crippen LogP contribution in [0.2, 0.25) is 0 Å². The van der Waals surface area contributed by atoms with Gasteiger partial charge in [-0.3, -0.25) is 4.79 Å². The van der Waals surface area contributed by atoms with E-state index in [1.807, 2.05) is 0 Å². The molecule has 0 bridgehead atoms. The third kappa shape index (κ3) is 4.22. The summed E-state index contributed by atoms with van der Waals surface area (Å²) in [7, 11) is 1.38. The summed E-state index contributed by atoms with van der Waals surface area (Å²) in [4.78, 5) is 11.3. The predicted molar refractivity (Wildman–Crippen MR) is 63.0 cm³/mol. The van der Waals surface area contributed by atoms with Crippen molar-refractivity contribution in [3.63, 3.8) is 0 Å². The van der Waals surface area contributed by atoms with Crippen molar-refractivity contribution in [2.75, 3.05) is 7.11 Å². The summed E-state index contributed by atoms with van der Waals surface area (Å²) in [6, 6.07) is 0. The zero-order valence-corrected chi connectivity index (χ0v) is 10.2. The van der Waals surface area contributed by atoms with Gasteiger partial charge in [0.05, 0.1) is 7.11 Å². The Morgan fingerprint density at radius 2 is 2.27 bits per heavy atom. The van der Waals surface area contributed by atoms with E-state index in [0.29, 0.717) is 6.42 Å². The molecular formula is C11H20ClNO2. The van der Waals surface area contributed by atoms with Gasteiger partial charge in [-0.25, -0.2) is 0 Å². The lowest BCUT2D eigenvalue weighted by atomic mass is 9.88. The Kier molecular flexibility index (Phi) is 5.91. The van der Waals surface area contributed by atoms with E-state index in [-0.39, 0.29) is 18.4 Å². The Balaban J connectivity index is 0.00000196. The van der Waals surface area contributed by atoms with E-state index >= 15 is 0 Å². The van der Waals surface area contributed by atoms with Crippen LogP contribution < -0.4 is 5.73 Å². The van der Waals surface area contributed by atoms with Crippen LogP contribution in [0.4, 0.5) is 0 Å². The fraction of sp³-hybridized carbons (Fsp3) is 0.727. The molecule has 0 spiro atoms. The molecule has 0 saturated carbocycles. The molecule has 15 heavy (non-hydrogen) atoms. The van der Waals surface area contributed by atoms with E-state index in [2.05, 4.69) is 10.8 Å². The van der Waals surface area contributed by atoms with Gasteiger partial charge in [-0.05, 0) is 39.0 Å². The van der Waals surface area contributed by atoms with Crippen molar-refractivity contribution in [2.24, 2.45) is 5.73 Å². The Bertz CT molecular complexity index is 249. The summed E-state index contributed by atoms with van der Waals surface area (Å²) < 4.78 is 4.67. The minimum absolute atomic E-state index is 0. The average molecular weight is 234 g/mol. The molecule has 0 aliphatic heterocycles. The number of hydrogen-bond donors (Lipinski definition) is 1. The molecule has 0 saturated heterocycles. The van der Waals surface area contributed by atoms with Crippen LogP contribution in [0.15, 0.2) is 11.6 Å². The zero-order valence-electron chi connectivity index (χ0n) is 9.41. The van der Waals surface area contributed by atoms with Gasteiger partial charge in [0.25, 0.3) is 0 Å². The van der Waals surface area contributed by atoms with Gasteiger partial charge in [-0.15, -0.1) is 12.4 Å². The van der Waals surface area contributed by atoms with E-state index in [9.17, 15) is 4.79 Å². The number of allylic oxidation sites excluding steroid dienone is 1. The van der Waals surface area contributed by atoms with Crippen molar-refractivity contribution in [3.8, 4) is 0 Å². The number of hydrogen-bond acceptors (Lipinski definition) is 3. The molecule has 4 heteroatoms. The minimum atomic E-state index is -0.863. The number of esters is 1. The number of methoxy groups -OCH3 is 1. The fourth-order valence-electron chi connectivity index (χ4n) is 1.84. The molecule has 3 nitrogen and oxygen atoms in total. The molecular weight excluding hydrogens is 214 g/mol. The highest BCUT2D eigenvalue weighted by atomic mass is 35.5. The number of carbonyl (C=O) groups excluding carboxylic acids is 1. The average Bonchev–Trinajstić information content (AvgIpc) is 2.17. The van der Waals surface area contributed by atoms with Gasteiger partial charge in [-0.1, -0.05) is 11.6 Å². The topological polar surface area (TPSA) is 52.3 Å². The summed E-state index contributed by atoms with van der Waals surface area (Å²) in [5.41, 5.74) is 6.32. The number of carbonyl (C=O) groups is 1. The molecule has 0 amide bonds. The monoisotopic (exact) mass is 233 g/mol. The third-order valence-corrected chi connectivity index (χ3v) is 2.63. The second kappa shape index (κ2) is 6.13. The van der Waals surface area contributed by atoms with E-state index in [4.69, 9.17) is 5.73 Å². The first-order valence-corrected chi connectivity index (χ1v) is 5.11. The maximum atomic E-state index is 11.3. The van der Waals surface area contributed by atoms with Crippen LogP contribution in [0.3, 0.4) is 0 Å². The summed E-state index contributed by atoms with van der Waals surface area (Å²) >= 11 is 0. The van der Waals surface area contributed by atoms with Gasteiger partial charge < -0.3 is 10.5 Å². The largest absolute Gasteiger partial charge is 0.468 e. The van der Waals surface area contributed by atoms with Gasteiger partial charge in [0.1, 0.15) is 5.54 Å².